The molecule has 7 heteroatoms. The average Bonchev–Trinajstić information content (AvgIpc) is 2.72. The van der Waals surface area contributed by atoms with Crippen LogP contribution in [0.25, 0.3) is 0 Å². The van der Waals surface area contributed by atoms with Gasteiger partial charge in [-0.1, -0.05) is 30.7 Å². The average molecular weight is 529 g/mol. The Morgan fingerprint density at radius 3 is 2.31 bits per heavy atom. The van der Waals surface area contributed by atoms with Crippen molar-refractivity contribution in [2.24, 2.45) is 0 Å². The van der Waals surface area contributed by atoms with Gasteiger partial charge in [0.25, 0.3) is 5.91 Å². The van der Waals surface area contributed by atoms with Crippen LogP contribution in [0, 0.1) is 3.57 Å². The van der Waals surface area contributed by atoms with Gasteiger partial charge in [0.15, 0.2) is 6.61 Å². The first kappa shape index (κ1) is 23.5. The second-order valence-electron chi connectivity index (χ2n) is 6.88. The number of carbonyl (C=O) groups excluding carboxylic acids is 2. The largest absolute Gasteiger partial charge is 0.484 e. The Bertz CT molecular complexity index is 812. The van der Waals surface area contributed by atoms with Crippen LogP contribution < -0.4 is 10.1 Å². The van der Waals surface area contributed by atoms with E-state index in [4.69, 9.17) is 16.3 Å². The lowest BCUT2D eigenvalue weighted by molar-refractivity contribution is -0.142. The second-order valence-corrected chi connectivity index (χ2v) is 8.57. The molecule has 0 heterocycles. The third kappa shape index (κ3) is 7.51. The maximum absolute atomic E-state index is 12.9. The van der Waals surface area contributed by atoms with E-state index in [0.717, 1.165) is 15.6 Å². The molecule has 0 radical (unpaired) electrons. The van der Waals surface area contributed by atoms with Crippen molar-refractivity contribution in [1.82, 2.24) is 10.2 Å². The molecule has 0 fully saturated rings. The number of hydrogen-bond acceptors (Lipinski definition) is 3. The van der Waals surface area contributed by atoms with Crippen LogP contribution in [0.3, 0.4) is 0 Å². The zero-order chi connectivity index (χ0) is 21.4. The molecular formula is C22H26ClIN2O3. The van der Waals surface area contributed by atoms with Gasteiger partial charge in [-0.3, -0.25) is 9.59 Å². The molecule has 2 aromatic rings. The summed E-state index contributed by atoms with van der Waals surface area (Å²) in [5.74, 6) is 0.170. The zero-order valence-electron chi connectivity index (χ0n) is 16.8. The third-order valence-corrected chi connectivity index (χ3v) is 5.58. The van der Waals surface area contributed by atoms with Gasteiger partial charge in [-0.2, -0.15) is 0 Å². The summed E-state index contributed by atoms with van der Waals surface area (Å²) in [4.78, 5) is 27.1. The molecule has 1 N–H and O–H groups in total. The van der Waals surface area contributed by atoms with Gasteiger partial charge in [-0.25, -0.2) is 0 Å². The molecule has 2 unspecified atom stereocenters. The monoisotopic (exact) mass is 528 g/mol. The quantitative estimate of drug-likeness (QED) is 0.482. The fourth-order valence-corrected chi connectivity index (χ4v) is 3.08. The maximum atomic E-state index is 12.9. The molecule has 0 aliphatic heterocycles. The van der Waals surface area contributed by atoms with Crippen LogP contribution in [0.2, 0.25) is 5.02 Å². The van der Waals surface area contributed by atoms with Crippen LogP contribution in [-0.4, -0.2) is 35.4 Å². The molecule has 0 bridgehead atoms. The van der Waals surface area contributed by atoms with E-state index in [2.05, 4.69) is 27.9 Å². The number of hydrogen-bond donors (Lipinski definition) is 1. The Morgan fingerprint density at radius 1 is 1.10 bits per heavy atom. The van der Waals surface area contributed by atoms with Crippen molar-refractivity contribution in [2.75, 3.05) is 6.61 Å². The molecule has 0 aromatic heterocycles. The van der Waals surface area contributed by atoms with Gasteiger partial charge in [0.2, 0.25) is 5.91 Å². The first-order valence-corrected chi connectivity index (χ1v) is 11.0. The summed E-state index contributed by atoms with van der Waals surface area (Å²) in [5, 5.41) is 3.57. The molecule has 0 saturated carbocycles. The fourth-order valence-electron chi connectivity index (χ4n) is 2.59. The normalized spacial score (nSPS) is 12.7. The van der Waals surface area contributed by atoms with E-state index >= 15 is 0 Å². The van der Waals surface area contributed by atoms with E-state index in [-0.39, 0.29) is 24.5 Å². The SMILES string of the molecule is CCC(C)NC(=O)C(C)N(Cc1ccc(Cl)cc1)C(=O)COc1ccc(I)cc1. The maximum Gasteiger partial charge on any atom is 0.261 e. The van der Waals surface area contributed by atoms with Gasteiger partial charge < -0.3 is 15.0 Å². The lowest BCUT2D eigenvalue weighted by Crippen LogP contribution is -2.50. The first-order valence-electron chi connectivity index (χ1n) is 9.52. The molecule has 0 saturated heterocycles. The summed E-state index contributed by atoms with van der Waals surface area (Å²) in [6, 6.07) is 14.1. The molecule has 5 nitrogen and oxygen atoms in total. The van der Waals surface area contributed by atoms with Crippen LogP contribution in [0.15, 0.2) is 48.5 Å². The highest BCUT2D eigenvalue weighted by Gasteiger charge is 2.27. The number of benzene rings is 2. The first-order chi connectivity index (χ1) is 13.8. The van der Waals surface area contributed by atoms with Gasteiger partial charge in [0, 0.05) is 21.2 Å². The van der Waals surface area contributed by atoms with Crippen molar-refractivity contribution < 1.29 is 14.3 Å². The van der Waals surface area contributed by atoms with Gasteiger partial charge >= 0.3 is 0 Å². The van der Waals surface area contributed by atoms with E-state index in [1.54, 1.807) is 19.1 Å². The molecule has 156 valence electrons. The highest BCUT2D eigenvalue weighted by atomic mass is 127. The molecule has 2 atom stereocenters. The Labute approximate surface area is 190 Å². The Morgan fingerprint density at radius 2 is 1.72 bits per heavy atom. The standard InChI is InChI=1S/C22H26ClIN2O3/c1-4-15(2)25-22(28)16(3)26(13-17-5-7-18(23)8-6-17)21(27)14-29-20-11-9-19(24)10-12-20/h5-12,15-16H,4,13-14H2,1-3H3,(H,25,28). The summed E-state index contributed by atoms with van der Waals surface area (Å²) >= 11 is 8.17. The number of rotatable bonds is 9. The minimum Gasteiger partial charge on any atom is -0.484 e. The van der Waals surface area contributed by atoms with Gasteiger partial charge in [-0.15, -0.1) is 0 Å². The topological polar surface area (TPSA) is 58.6 Å². The van der Waals surface area contributed by atoms with Crippen LogP contribution in [0.4, 0.5) is 0 Å². The number of amides is 2. The highest BCUT2D eigenvalue weighted by Crippen LogP contribution is 2.16. The second kappa shape index (κ2) is 11.4. The number of carbonyl (C=O) groups is 2. The van der Waals surface area contributed by atoms with E-state index in [9.17, 15) is 9.59 Å². The zero-order valence-corrected chi connectivity index (χ0v) is 19.7. The summed E-state index contributed by atoms with van der Waals surface area (Å²) in [7, 11) is 0. The Balaban J connectivity index is 2.13. The Kier molecular flexibility index (Phi) is 9.23. The van der Waals surface area contributed by atoms with E-state index < -0.39 is 6.04 Å². The van der Waals surface area contributed by atoms with Crippen molar-refractivity contribution in [2.45, 2.75) is 45.8 Å². The minimum atomic E-state index is -0.632. The lowest BCUT2D eigenvalue weighted by Gasteiger charge is -2.29. The summed E-state index contributed by atoms with van der Waals surface area (Å²) in [6.45, 7) is 5.82. The lowest BCUT2D eigenvalue weighted by atomic mass is 10.1. The predicted octanol–water partition coefficient (Wildman–Crippen LogP) is 4.66. The molecule has 29 heavy (non-hydrogen) atoms. The fraction of sp³-hybridized carbons (Fsp3) is 0.364. The number of nitrogens with one attached hydrogen (secondary N) is 1. The van der Waals surface area contributed by atoms with Crippen molar-refractivity contribution in [3.05, 3.63) is 62.7 Å². The van der Waals surface area contributed by atoms with Gasteiger partial charge in [-0.05, 0) is 84.8 Å². The molecule has 0 spiro atoms. The van der Waals surface area contributed by atoms with Crippen molar-refractivity contribution in [3.63, 3.8) is 0 Å². The summed E-state index contributed by atoms with van der Waals surface area (Å²) < 4.78 is 6.73. The van der Waals surface area contributed by atoms with Crippen LogP contribution >= 0.6 is 34.2 Å². The number of halogens is 2. The molecular weight excluding hydrogens is 503 g/mol. The minimum absolute atomic E-state index is 0.0421. The molecule has 2 amide bonds. The van der Waals surface area contributed by atoms with E-state index in [0.29, 0.717) is 17.3 Å². The van der Waals surface area contributed by atoms with Crippen LogP contribution in [0.1, 0.15) is 32.8 Å². The van der Waals surface area contributed by atoms with Crippen molar-refractivity contribution in [3.8, 4) is 5.75 Å². The molecule has 0 aliphatic carbocycles. The summed E-state index contributed by atoms with van der Waals surface area (Å²) in [6.07, 6.45) is 0.819. The van der Waals surface area contributed by atoms with Crippen LogP contribution in [-0.2, 0) is 16.1 Å². The number of ether oxygens (including phenoxy) is 1. The highest BCUT2D eigenvalue weighted by molar-refractivity contribution is 14.1. The van der Waals surface area contributed by atoms with Crippen molar-refractivity contribution >= 4 is 46.0 Å². The van der Waals surface area contributed by atoms with Gasteiger partial charge in [0.05, 0.1) is 0 Å². The molecule has 0 aliphatic rings. The smallest absolute Gasteiger partial charge is 0.261 e. The number of nitrogens with zero attached hydrogens (tertiary/aromatic N) is 1. The van der Waals surface area contributed by atoms with E-state index in [1.165, 1.54) is 4.90 Å². The van der Waals surface area contributed by atoms with Gasteiger partial charge in [0.1, 0.15) is 11.8 Å². The molecule has 2 aromatic carbocycles. The predicted molar refractivity (Wildman–Crippen MR) is 124 cm³/mol. The van der Waals surface area contributed by atoms with E-state index in [1.807, 2.05) is 50.2 Å². The summed E-state index contributed by atoms with van der Waals surface area (Å²) in [5.41, 5.74) is 0.889. The molecule has 2 rings (SSSR count). The Hall–Kier alpha value is -1.80. The third-order valence-electron chi connectivity index (χ3n) is 4.61. The van der Waals surface area contributed by atoms with Crippen LogP contribution in [0.5, 0.6) is 5.75 Å². The van der Waals surface area contributed by atoms with Crippen molar-refractivity contribution in [1.29, 1.82) is 0 Å².